The van der Waals surface area contributed by atoms with E-state index < -0.39 is 0 Å². The van der Waals surface area contributed by atoms with Crippen LogP contribution in [-0.2, 0) is 0 Å². The van der Waals surface area contributed by atoms with Gasteiger partial charge < -0.3 is 14.9 Å². The van der Waals surface area contributed by atoms with Gasteiger partial charge in [-0.05, 0) is 30.7 Å². The molecule has 0 spiro atoms. The number of nitrogens with two attached hydrogens (primary N) is 1. The van der Waals surface area contributed by atoms with E-state index in [9.17, 15) is 0 Å². The Morgan fingerprint density at radius 1 is 1.22 bits per heavy atom. The van der Waals surface area contributed by atoms with Crippen molar-refractivity contribution in [3.63, 3.8) is 0 Å². The molecule has 0 saturated carbocycles. The van der Waals surface area contributed by atoms with E-state index in [2.05, 4.69) is 15.3 Å². The van der Waals surface area contributed by atoms with Crippen molar-refractivity contribution in [1.82, 2.24) is 9.97 Å². The van der Waals surface area contributed by atoms with Crippen molar-refractivity contribution in [2.75, 3.05) is 18.2 Å². The van der Waals surface area contributed by atoms with E-state index >= 15 is 0 Å². The van der Waals surface area contributed by atoms with E-state index in [0.717, 1.165) is 26.9 Å². The summed E-state index contributed by atoms with van der Waals surface area (Å²) in [5, 5.41) is 3.77. The molecule has 2 heterocycles. The summed E-state index contributed by atoms with van der Waals surface area (Å²) in [7, 11) is 1.61. The van der Waals surface area contributed by atoms with E-state index in [1.54, 1.807) is 13.2 Å². The Hall–Kier alpha value is -2.80. The predicted octanol–water partition coefficient (Wildman–Crippen LogP) is 4.08. The molecule has 7 heteroatoms. The zero-order chi connectivity index (χ0) is 16.0. The van der Waals surface area contributed by atoms with Crippen molar-refractivity contribution in [1.29, 1.82) is 0 Å². The number of hydrogen-bond acceptors (Lipinski definition) is 7. The Kier molecular flexibility index (Phi) is 3.09. The summed E-state index contributed by atoms with van der Waals surface area (Å²) in [6.07, 6.45) is 0. The molecule has 3 N–H and O–H groups in total. The van der Waals surface area contributed by atoms with Gasteiger partial charge in [0.05, 0.1) is 17.5 Å². The summed E-state index contributed by atoms with van der Waals surface area (Å²) in [6, 6.07) is 9.95. The van der Waals surface area contributed by atoms with Gasteiger partial charge in [-0.2, -0.15) is 4.98 Å². The number of aromatic nitrogens is 2. The summed E-state index contributed by atoms with van der Waals surface area (Å²) in [6.45, 7) is 2.02. The van der Waals surface area contributed by atoms with Crippen molar-refractivity contribution in [3.8, 4) is 5.75 Å². The molecule has 4 rings (SSSR count). The fraction of sp³-hybridized carbons (Fsp3) is 0.125. The van der Waals surface area contributed by atoms with Crippen LogP contribution >= 0.6 is 11.3 Å². The molecule has 0 fully saturated rings. The zero-order valence-corrected chi connectivity index (χ0v) is 13.4. The molecule has 0 aliphatic heterocycles. The molecule has 0 bridgehead atoms. The number of fused-ring (bicyclic) bond motifs is 2. The van der Waals surface area contributed by atoms with Crippen LogP contribution < -0.4 is 15.8 Å². The molecule has 6 nitrogen and oxygen atoms in total. The monoisotopic (exact) mass is 326 g/mol. The van der Waals surface area contributed by atoms with Crippen LogP contribution in [0.1, 0.15) is 5.56 Å². The van der Waals surface area contributed by atoms with Gasteiger partial charge in [-0.15, -0.1) is 0 Å². The van der Waals surface area contributed by atoms with E-state index in [1.807, 2.05) is 31.2 Å². The molecule has 0 aliphatic rings. The molecule has 2 aromatic heterocycles. The Labute approximate surface area is 135 Å². The number of nitrogens with zero attached hydrogens (tertiary/aromatic N) is 2. The fourth-order valence-corrected chi connectivity index (χ4v) is 3.30. The number of ether oxygens (including phenoxy) is 1. The molecule has 2 aromatic carbocycles. The van der Waals surface area contributed by atoms with Crippen LogP contribution in [0.2, 0.25) is 0 Å². The SMILES string of the molecule is COc1cc(N)c2nc(Nc3nc4cc(C)ccc4o3)sc2c1. The quantitative estimate of drug-likeness (QED) is 0.552. The zero-order valence-electron chi connectivity index (χ0n) is 12.6. The minimum Gasteiger partial charge on any atom is -0.497 e. The van der Waals surface area contributed by atoms with Crippen molar-refractivity contribution >= 4 is 49.5 Å². The topological polar surface area (TPSA) is 86.2 Å². The van der Waals surface area contributed by atoms with Crippen molar-refractivity contribution in [3.05, 3.63) is 35.9 Å². The number of methoxy groups -OCH3 is 1. The lowest BCUT2D eigenvalue weighted by Crippen LogP contribution is -1.91. The van der Waals surface area contributed by atoms with Gasteiger partial charge in [0.25, 0.3) is 0 Å². The van der Waals surface area contributed by atoms with Crippen LogP contribution in [0.3, 0.4) is 0 Å². The Morgan fingerprint density at radius 3 is 2.91 bits per heavy atom. The molecule has 0 aliphatic carbocycles. The van der Waals surface area contributed by atoms with Crippen LogP contribution in [0.25, 0.3) is 21.3 Å². The second-order valence-electron chi connectivity index (χ2n) is 5.20. The molecule has 4 aromatic rings. The molecular formula is C16H14N4O2S. The second-order valence-corrected chi connectivity index (χ2v) is 6.23. The van der Waals surface area contributed by atoms with Gasteiger partial charge in [0.15, 0.2) is 10.7 Å². The first-order chi connectivity index (χ1) is 11.1. The maximum atomic E-state index is 6.01. The Morgan fingerprint density at radius 2 is 2.09 bits per heavy atom. The first-order valence-corrected chi connectivity index (χ1v) is 7.82. The van der Waals surface area contributed by atoms with Gasteiger partial charge in [-0.1, -0.05) is 17.4 Å². The molecule has 116 valence electrons. The highest BCUT2D eigenvalue weighted by Gasteiger charge is 2.12. The number of oxazole rings is 1. The number of aryl methyl sites for hydroxylation is 1. The molecule has 0 saturated heterocycles. The average molecular weight is 326 g/mol. The summed E-state index contributed by atoms with van der Waals surface area (Å²) < 4.78 is 11.9. The number of hydrogen-bond donors (Lipinski definition) is 2. The second kappa shape index (κ2) is 5.13. The number of anilines is 3. The number of benzene rings is 2. The molecule has 0 amide bonds. The van der Waals surface area contributed by atoms with Gasteiger partial charge in [-0.3, -0.25) is 5.32 Å². The highest BCUT2D eigenvalue weighted by molar-refractivity contribution is 7.22. The Bertz CT molecular complexity index is 1020. The van der Waals surface area contributed by atoms with Gasteiger partial charge in [0.1, 0.15) is 16.8 Å². The van der Waals surface area contributed by atoms with Gasteiger partial charge in [0.2, 0.25) is 0 Å². The largest absolute Gasteiger partial charge is 0.497 e. The minimum atomic E-state index is 0.412. The van der Waals surface area contributed by atoms with E-state index in [-0.39, 0.29) is 0 Å². The standard InChI is InChI=1S/C16H14N4O2S/c1-8-3-4-12-11(5-8)18-15(22-12)20-16-19-14-10(17)6-9(21-2)7-13(14)23-16/h3-7H,17H2,1-2H3,(H,18,19,20). The van der Waals surface area contributed by atoms with E-state index in [4.69, 9.17) is 14.9 Å². The van der Waals surface area contributed by atoms with Gasteiger partial charge in [-0.25, -0.2) is 4.98 Å². The normalized spacial score (nSPS) is 11.2. The highest BCUT2D eigenvalue weighted by atomic mass is 32.1. The van der Waals surface area contributed by atoms with Crippen molar-refractivity contribution in [2.45, 2.75) is 6.92 Å². The van der Waals surface area contributed by atoms with Gasteiger partial charge in [0, 0.05) is 6.07 Å². The summed E-state index contributed by atoms with van der Waals surface area (Å²) in [5.74, 6) is 0.711. The van der Waals surface area contributed by atoms with Crippen LogP contribution in [0.4, 0.5) is 16.8 Å². The van der Waals surface area contributed by atoms with Gasteiger partial charge >= 0.3 is 6.01 Å². The lowest BCUT2D eigenvalue weighted by molar-refractivity contribution is 0.415. The predicted molar refractivity (Wildman–Crippen MR) is 92.6 cm³/mol. The number of nitrogen functional groups attached to an aromatic ring is 1. The third-order valence-corrected chi connectivity index (χ3v) is 4.41. The smallest absolute Gasteiger partial charge is 0.302 e. The van der Waals surface area contributed by atoms with Crippen LogP contribution in [0.15, 0.2) is 34.7 Å². The van der Waals surface area contributed by atoms with Crippen LogP contribution in [0.5, 0.6) is 5.75 Å². The lowest BCUT2D eigenvalue weighted by Gasteiger charge is -2.00. The molecule has 0 radical (unpaired) electrons. The van der Waals surface area contributed by atoms with Crippen molar-refractivity contribution in [2.24, 2.45) is 0 Å². The molecule has 0 atom stereocenters. The van der Waals surface area contributed by atoms with Crippen LogP contribution in [-0.4, -0.2) is 17.1 Å². The summed E-state index contributed by atoms with van der Waals surface area (Å²) in [5.41, 5.74) is 10.0. The Balaban J connectivity index is 1.72. The first-order valence-electron chi connectivity index (χ1n) is 7.00. The van der Waals surface area contributed by atoms with E-state index in [0.29, 0.717) is 22.6 Å². The highest BCUT2D eigenvalue weighted by Crippen LogP contribution is 2.35. The number of nitrogens with one attached hydrogen (secondary N) is 1. The molecule has 0 unspecified atom stereocenters. The number of thiazole rings is 1. The average Bonchev–Trinajstić information content (AvgIpc) is 3.10. The summed E-state index contributed by atoms with van der Waals surface area (Å²) in [4.78, 5) is 8.93. The lowest BCUT2D eigenvalue weighted by atomic mass is 10.2. The van der Waals surface area contributed by atoms with Crippen LogP contribution in [0, 0.1) is 6.92 Å². The molecular weight excluding hydrogens is 312 g/mol. The molecule has 23 heavy (non-hydrogen) atoms. The third-order valence-electron chi connectivity index (χ3n) is 3.49. The summed E-state index contributed by atoms with van der Waals surface area (Å²) >= 11 is 1.47. The first kappa shape index (κ1) is 13.8. The fourth-order valence-electron chi connectivity index (χ4n) is 2.38. The van der Waals surface area contributed by atoms with Crippen molar-refractivity contribution < 1.29 is 9.15 Å². The maximum Gasteiger partial charge on any atom is 0.302 e. The third kappa shape index (κ3) is 2.44. The minimum absolute atomic E-state index is 0.412. The number of rotatable bonds is 3. The van der Waals surface area contributed by atoms with E-state index in [1.165, 1.54) is 11.3 Å². The maximum absolute atomic E-state index is 6.01.